The molecule has 0 aliphatic carbocycles. The van der Waals surface area contributed by atoms with Gasteiger partial charge < -0.3 is 19.1 Å². The molecule has 1 amide bonds. The van der Waals surface area contributed by atoms with E-state index in [1.54, 1.807) is 12.0 Å². The Balaban J connectivity index is 1.67. The van der Waals surface area contributed by atoms with Crippen LogP contribution >= 0.6 is 0 Å². The summed E-state index contributed by atoms with van der Waals surface area (Å²) in [7, 11) is 1.64. The van der Waals surface area contributed by atoms with E-state index in [1.807, 2.05) is 38.1 Å². The maximum Gasteiger partial charge on any atom is 0.255 e. The quantitative estimate of drug-likeness (QED) is 0.841. The zero-order valence-electron chi connectivity index (χ0n) is 12.0. The molecule has 0 N–H and O–H groups in total. The van der Waals surface area contributed by atoms with E-state index in [2.05, 4.69) is 0 Å². The van der Waals surface area contributed by atoms with Gasteiger partial charge >= 0.3 is 0 Å². The summed E-state index contributed by atoms with van der Waals surface area (Å²) in [6.07, 6.45) is -0.612. The van der Waals surface area contributed by atoms with Crippen LogP contribution in [0, 0.1) is 0 Å². The number of likely N-dealkylation sites (tertiary alicyclic amines) is 1. The molecule has 2 atom stereocenters. The van der Waals surface area contributed by atoms with Crippen LogP contribution in [0.3, 0.4) is 0 Å². The van der Waals surface area contributed by atoms with E-state index in [-0.39, 0.29) is 12.0 Å². The fraction of sp³-hybridized carbons (Fsp3) is 0.533. The van der Waals surface area contributed by atoms with E-state index in [0.717, 1.165) is 11.3 Å². The van der Waals surface area contributed by atoms with E-state index < -0.39 is 11.9 Å². The highest BCUT2D eigenvalue weighted by molar-refractivity contribution is 5.84. The van der Waals surface area contributed by atoms with Gasteiger partial charge in [-0.15, -0.1) is 0 Å². The molecule has 20 heavy (non-hydrogen) atoms. The van der Waals surface area contributed by atoms with Gasteiger partial charge in [0.05, 0.1) is 13.7 Å². The minimum Gasteiger partial charge on any atom is -0.497 e. The Morgan fingerprint density at radius 1 is 1.30 bits per heavy atom. The topological polar surface area (TPSA) is 48.0 Å². The van der Waals surface area contributed by atoms with Crippen molar-refractivity contribution in [2.75, 3.05) is 13.7 Å². The molecular formula is C15H19NO4. The summed E-state index contributed by atoms with van der Waals surface area (Å²) >= 11 is 0. The molecule has 0 aromatic heterocycles. The molecule has 0 spiro atoms. The predicted octanol–water partition coefficient (Wildman–Crippen LogP) is 1.56. The van der Waals surface area contributed by atoms with Gasteiger partial charge in [0.25, 0.3) is 5.91 Å². The Morgan fingerprint density at radius 3 is 2.60 bits per heavy atom. The molecule has 2 aliphatic rings. The van der Waals surface area contributed by atoms with Crippen LogP contribution in [0.1, 0.15) is 19.4 Å². The standard InChI is InChI=1S/C15H19NO4/c1-15(2)19-12-9-16(14(17)13(12)20-15)8-10-4-6-11(18-3)7-5-10/h4-7,12-13H,8-9H2,1-3H3. The number of hydrogen-bond acceptors (Lipinski definition) is 4. The fourth-order valence-electron chi connectivity index (χ4n) is 2.76. The minimum atomic E-state index is -0.656. The maximum absolute atomic E-state index is 12.3. The number of methoxy groups -OCH3 is 1. The Hall–Kier alpha value is -1.59. The van der Waals surface area contributed by atoms with Crippen LogP contribution in [0.25, 0.3) is 0 Å². The lowest BCUT2D eigenvalue weighted by Crippen LogP contribution is -2.33. The summed E-state index contributed by atoms with van der Waals surface area (Å²) in [5, 5.41) is 0. The molecule has 2 fully saturated rings. The largest absolute Gasteiger partial charge is 0.497 e. The van der Waals surface area contributed by atoms with Crippen molar-refractivity contribution in [1.82, 2.24) is 4.90 Å². The SMILES string of the molecule is COc1ccc(CN2CC3OC(C)(C)OC3C2=O)cc1. The molecule has 5 nitrogen and oxygen atoms in total. The molecule has 2 saturated heterocycles. The van der Waals surface area contributed by atoms with Crippen LogP contribution < -0.4 is 4.74 Å². The fourth-order valence-corrected chi connectivity index (χ4v) is 2.76. The van der Waals surface area contributed by atoms with Gasteiger partial charge in [-0.3, -0.25) is 4.79 Å². The molecule has 0 radical (unpaired) electrons. The van der Waals surface area contributed by atoms with Crippen molar-refractivity contribution in [2.24, 2.45) is 0 Å². The highest BCUT2D eigenvalue weighted by Crippen LogP contribution is 2.34. The lowest BCUT2D eigenvalue weighted by molar-refractivity contribution is -0.168. The van der Waals surface area contributed by atoms with Crippen LogP contribution in [-0.4, -0.2) is 42.5 Å². The first-order valence-corrected chi connectivity index (χ1v) is 6.76. The van der Waals surface area contributed by atoms with E-state index in [9.17, 15) is 4.79 Å². The third kappa shape index (κ3) is 2.39. The van der Waals surface area contributed by atoms with Gasteiger partial charge in [-0.1, -0.05) is 12.1 Å². The molecule has 108 valence electrons. The average Bonchev–Trinajstić information content (AvgIpc) is 2.85. The smallest absolute Gasteiger partial charge is 0.255 e. The first-order chi connectivity index (χ1) is 9.48. The van der Waals surface area contributed by atoms with Crippen LogP contribution in [0.2, 0.25) is 0 Å². The third-order valence-corrected chi connectivity index (χ3v) is 3.67. The normalized spacial score (nSPS) is 27.8. The van der Waals surface area contributed by atoms with E-state index >= 15 is 0 Å². The highest BCUT2D eigenvalue weighted by Gasteiger charge is 2.51. The van der Waals surface area contributed by atoms with Crippen LogP contribution in [-0.2, 0) is 20.8 Å². The van der Waals surface area contributed by atoms with Crippen molar-refractivity contribution in [3.63, 3.8) is 0 Å². The zero-order valence-corrected chi connectivity index (χ0v) is 12.0. The second kappa shape index (κ2) is 4.75. The highest BCUT2D eigenvalue weighted by atomic mass is 16.8. The average molecular weight is 277 g/mol. The summed E-state index contributed by atoms with van der Waals surface area (Å²) in [5.74, 6) is 0.167. The molecule has 0 saturated carbocycles. The Morgan fingerprint density at radius 2 is 2.00 bits per heavy atom. The number of benzene rings is 1. The molecule has 0 bridgehead atoms. The summed E-state index contributed by atoms with van der Waals surface area (Å²) < 4.78 is 16.5. The van der Waals surface area contributed by atoms with Gasteiger partial charge in [0, 0.05) is 6.54 Å². The van der Waals surface area contributed by atoms with Crippen molar-refractivity contribution in [2.45, 2.75) is 38.4 Å². The van der Waals surface area contributed by atoms with Crippen molar-refractivity contribution >= 4 is 5.91 Å². The van der Waals surface area contributed by atoms with Crippen LogP contribution in [0.15, 0.2) is 24.3 Å². The van der Waals surface area contributed by atoms with Crippen LogP contribution in [0.4, 0.5) is 0 Å². The third-order valence-electron chi connectivity index (χ3n) is 3.67. The summed E-state index contributed by atoms with van der Waals surface area (Å²) in [6.45, 7) is 4.83. The molecule has 2 aliphatic heterocycles. The number of carbonyl (C=O) groups is 1. The monoisotopic (exact) mass is 277 g/mol. The van der Waals surface area contributed by atoms with Gasteiger partial charge in [-0.05, 0) is 31.5 Å². The lowest BCUT2D eigenvalue weighted by atomic mass is 10.2. The van der Waals surface area contributed by atoms with Crippen LogP contribution in [0.5, 0.6) is 5.75 Å². The van der Waals surface area contributed by atoms with Crippen molar-refractivity contribution in [3.8, 4) is 5.75 Å². The molecule has 5 heteroatoms. The van der Waals surface area contributed by atoms with Crippen molar-refractivity contribution in [3.05, 3.63) is 29.8 Å². The second-order valence-corrected chi connectivity index (χ2v) is 5.66. The number of rotatable bonds is 3. The number of nitrogens with zero attached hydrogens (tertiary/aromatic N) is 1. The molecule has 2 heterocycles. The van der Waals surface area contributed by atoms with E-state index in [4.69, 9.17) is 14.2 Å². The van der Waals surface area contributed by atoms with E-state index in [0.29, 0.717) is 13.1 Å². The van der Waals surface area contributed by atoms with Gasteiger partial charge in [0.2, 0.25) is 0 Å². The molecule has 2 unspecified atom stereocenters. The predicted molar refractivity (Wildman–Crippen MR) is 72.2 cm³/mol. The second-order valence-electron chi connectivity index (χ2n) is 5.66. The number of amides is 1. The maximum atomic E-state index is 12.3. The van der Waals surface area contributed by atoms with Gasteiger partial charge in [-0.25, -0.2) is 0 Å². The molecule has 1 aromatic carbocycles. The first kappa shape index (κ1) is 13.4. The Bertz CT molecular complexity index is 511. The minimum absolute atomic E-state index is 0.0105. The van der Waals surface area contributed by atoms with Crippen molar-refractivity contribution in [1.29, 1.82) is 0 Å². The van der Waals surface area contributed by atoms with Gasteiger partial charge in [0.1, 0.15) is 11.9 Å². The number of fused-ring (bicyclic) bond motifs is 1. The number of ether oxygens (including phenoxy) is 3. The molecule has 3 rings (SSSR count). The molecular weight excluding hydrogens is 258 g/mol. The van der Waals surface area contributed by atoms with Gasteiger partial charge in [0.15, 0.2) is 11.9 Å². The summed E-state index contributed by atoms with van der Waals surface area (Å²) in [6, 6.07) is 7.72. The van der Waals surface area contributed by atoms with Gasteiger partial charge in [-0.2, -0.15) is 0 Å². The summed E-state index contributed by atoms with van der Waals surface area (Å²) in [4.78, 5) is 14.1. The molecule has 1 aromatic rings. The number of hydrogen-bond donors (Lipinski definition) is 0. The van der Waals surface area contributed by atoms with E-state index in [1.165, 1.54) is 0 Å². The number of carbonyl (C=O) groups excluding carboxylic acids is 1. The Kier molecular flexibility index (Phi) is 3.18. The Labute approximate surface area is 118 Å². The first-order valence-electron chi connectivity index (χ1n) is 6.76. The lowest BCUT2D eigenvalue weighted by Gasteiger charge is -2.23. The summed E-state index contributed by atoms with van der Waals surface area (Å²) in [5.41, 5.74) is 1.07. The zero-order chi connectivity index (χ0) is 14.3. The van der Waals surface area contributed by atoms with Crippen molar-refractivity contribution < 1.29 is 19.0 Å².